The summed E-state index contributed by atoms with van der Waals surface area (Å²) in [5, 5.41) is 2.74. The lowest BCUT2D eigenvalue weighted by Crippen LogP contribution is -2.26. The lowest BCUT2D eigenvalue weighted by Gasteiger charge is -2.25. The molecule has 4 rings (SSSR count). The molecule has 0 aliphatic carbocycles. The summed E-state index contributed by atoms with van der Waals surface area (Å²) in [5.74, 6) is -0.424. The predicted octanol–water partition coefficient (Wildman–Crippen LogP) is 5.02. The van der Waals surface area contributed by atoms with E-state index in [-0.39, 0.29) is 23.9 Å². The van der Waals surface area contributed by atoms with Crippen LogP contribution in [0, 0.1) is 0 Å². The molecule has 1 amide bonds. The van der Waals surface area contributed by atoms with Crippen LogP contribution in [0.5, 0.6) is 0 Å². The number of rotatable bonds is 5. The smallest absolute Gasteiger partial charge is 0.350 e. The number of hydrogen-bond donors (Lipinski definition) is 1. The van der Waals surface area contributed by atoms with Gasteiger partial charge in [-0.2, -0.15) is 26.3 Å². The van der Waals surface area contributed by atoms with Crippen LogP contribution in [0.15, 0.2) is 48.8 Å². The topological polar surface area (TPSA) is 59.8 Å². The van der Waals surface area contributed by atoms with Crippen molar-refractivity contribution in [2.45, 2.75) is 44.1 Å². The van der Waals surface area contributed by atoms with Crippen molar-refractivity contribution in [3.63, 3.8) is 0 Å². The van der Waals surface area contributed by atoms with Crippen molar-refractivity contribution in [2.24, 2.45) is 0 Å². The molecule has 3 aromatic rings. The molecule has 0 spiro atoms. The Bertz CT molecular complexity index is 1140. The number of nitrogens with one attached hydrogen (secondary N) is 1. The molecule has 0 fully saturated rings. The zero-order valence-corrected chi connectivity index (χ0v) is 17.7. The second-order valence-corrected chi connectivity index (χ2v) is 8.10. The normalized spacial score (nSPS) is 16.2. The first kappa shape index (κ1) is 23.8. The number of benzene rings is 1. The number of alkyl halides is 6. The molecule has 0 radical (unpaired) electrons. The molecule has 1 atom stereocenters. The van der Waals surface area contributed by atoms with Crippen molar-refractivity contribution in [3.05, 3.63) is 82.7 Å². The minimum absolute atomic E-state index is 0.0390. The third kappa shape index (κ3) is 5.40. The number of halogens is 6. The third-order valence-electron chi connectivity index (χ3n) is 5.70. The second-order valence-electron chi connectivity index (χ2n) is 8.10. The average Bonchev–Trinajstić information content (AvgIpc) is 3.22. The maximum Gasteiger partial charge on any atom is 0.416 e. The van der Waals surface area contributed by atoms with E-state index in [4.69, 9.17) is 0 Å². The number of aryl methyl sites for hydroxylation is 1. The van der Waals surface area contributed by atoms with E-state index in [0.717, 1.165) is 17.8 Å². The second kappa shape index (κ2) is 9.11. The average molecular weight is 482 g/mol. The molecule has 1 N–H and O–H groups in total. The molecule has 180 valence electrons. The number of carbonyl (C=O) groups excluding carboxylic acids is 1. The van der Waals surface area contributed by atoms with Crippen LogP contribution in [0.1, 0.15) is 51.0 Å². The summed E-state index contributed by atoms with van der Waals surface area (Å²) in [6, 6.07) is 7.13. The van der Waals surface area contributed by atoms with Gasteiger partial charge in [0.15, 0.2) is 0 Å². The Kier molecular flexibility index (Phi) is 6.37. The van der Waals surface area contributed by atoms with Crippen molar-refractivity contribution in [3.8, 4) is 0 Å². The van der Waals surface area contributed by atoms with Crippen LogP contribution in [0.4, 0.5) is 26.3 Å². The molecule has 0 saturated heterocycles. The lowest BCUT2D eigenvalue weighted by molar-refractivity contribution is -0.143. The molecule has 1 aliphatic rings. The Balaban J connectivity index is 1.48. The van der Waals surface area contributed by atoms with Crippen LogP contribution in [-0.4, -0.2) is 27.0 Å². The molecule has 11 heteroatoms. The van der Waals surface area contributed by atoms with E-state index in [9.17, 15) is 31.1 Å². The number of carbonyl (C=O) groups is 1. The van der Waals surface area contributed by atoms with Crippen molar-refractivity contribution >= 4 is 5.91 Å². The van der Waals surface area contributed by atoms with Crippen LogP contribution in [0.3, 0.4) is 0 Å². The maximum absolute atomic E-state index is 13.2. The van der Waals surface area contributed by atoms with Gasteiger partial charge in [-0.1, -0.05) is 6.07 Å². The minimum Gasteiger partial charge on any atom is -0.350 e. The number of pyridine rings is 1. The molecule has 1 aromatic carbocycles. The fraction of sp³-hybridized carbons (Fsp3) is 0.348. The summed E-state index contributed by atoms with van der Waals surface area (Å²) >= 11 is 0. The first-order chi connectivity index (χ1) is 16.0. The SMILES string of the molecule is O=C(NCCc1ccccn1)c1cn2c(n1)CC[C@H](c1cc(C(F)(F)F)cc(C(F)(F)F)c1)C2. The highest BCUT2D eigenvalue weighted by molar-refractivity contribution is 5.92. The highest BCUT2D eigenvalue weighted by Crippen LogP contribution is 2.39. The predicted molar refractivity (Wildman–Crippen MR) is 110 cm³/mol. The van der Waals surface area contributed by atoms with Crippen LogP contribution in [-0.2, 0) is 31.7 Å². The van der Waals surface area contributed by atoms with Crippen molar-refractivity contribution < 1.29 is 31.1 Å². The van der Waals surface area contributed by atoms with Gasteiger partial charge in [-0.3, -0.25) is 9.78 Å². The van der Waals surface area contributed by atoms with E-state index >= 15 is 0 Å². The van der Waals surface area contributed by atoms with Gasteiger partial charge in [0.1, 0.15) is 11.5 Å². The van der Waals surface area contributed by atoms with Gasteiger partial charge in [-0.25, -0.2) is 4.98 Å². The first-order valence-corrected chi connectivity index (χ1v) is 10.5. The highest BCUT2D eigenvalue weighted by Gasteiger charge is 2.38. The summed E-state index contributed by atoms with van der Waals surface area (Å²) in [4.78, 5) is 20.9. The molecule has 3 heterocycles. The summed E-state index contributed by atoms with van der Waals surface area (Å²) in [5.41, 5.74) is -1.74. The van der Waals surface area contributed by atoms with Gasteiger partial charge in [0.2, 0.25) is 0 Å². The number of nitrogens with zero attached hydrogens (tertiary/aromatic N) is 3. The van der Waals surface area contributed by atoms with Crippen molar-refractivity contribution in [1.29, 1.82) is 0 Å². The number of hydrogen-bond acceptors (Lipinski definition) is 3. The zero-order chi connectivity index (χ0) is 24.5. The van der Waals surface area contributed by atoms with Crippen LogP contribution in [0.25, 0.3) is 0 Å². The first-order valence-electron chi connectivity index (χ1n) is 10.5. The fourth-order valence-corrected chi connectivity index (χ4v) is 3.98. The van der Waals surface area contributed by atoms with E-state index in [2.05, 4.69) is 15.3 Å². The Morgan fingerprint density at radius 1 is 1.06 bits per heavy atom. The van der Waals surface area contributed by atoms with Crippen LogP contribution in [0.2, 0.25) is 0 Å². The maximum atomic E-state index is 13.2. The Morgan fingerprint density at radius 2 is 1.76 bits per heavy atom. The highest BCUT2D eigenvalue weighted by atomic mass is 19.4. The van der Waals surface area contributed by atoms with E-state index < -0.39 is 35.3 Å². The van der Waals surface area contributed by atoms with Crippen molar-refractivity contribution in [2.75, 3.05) is 6.54 Å². The van der Waals surface area contributed by atoms with E-state index in [0.29, 0.717) is 31.6 Å². The van der Waals surface area contributed by atoms with Gasteiger partial charge < -0.3 is 9.88 Å². The Morgan fingerprint density at radius 3 is 2.38 bits per heavy atom. The molecule has 0 bridgehead atoms. The Labute approximate surface area is 190 Å². The molecule has 34 heavy (non-hydrogen) atoms. The van der Waals surface area contributed by atoms with Gasteiger partial charge in [0, 0.05) is 49.9 Å². The van der Waals surface area contributed by atoms with Gasteiger partial charge >= 0.3 is 12.4 Å². The van der Waals surface area contributed by atoms with Crippen LogP contribution >= 0.6 is 0 Å². The molecular formula is C23H20F6N4O. The van der Waals surface area contributed by atoms with Gasteiger partial charge in [-0.05, 0) is 42.3 Å². The van der Waals surface area contributed by atoms with E-state index in [1.54, 1.807) is 16.8 Å². The summed E-state index contributed by atoms with van der Waals surface area (Å²) in [6.07, 6.45) is -5.50. The third-order valence-corrected chi connectivity index (χ3v) is 5.70. The lowest BCUT2D eigenvalue weighted by atomic mass is 9.89. The summed E-state index contributed by atoms with van der Waals surface area (Å²) in [7, 11) is 0. The van der Waals surface area contributed by atoms with Crippen LogP contribution < -0.4 is 5.32 Å². The minimum atomic E-state index is -4.90. The number of imidazole rings is 1. The molecule has 0 unspecified atom stereocenters. The van der Waals surface area contributed by atoms with Crippen molar-refractivity contribution in [1.82, 2.24) is 19.9 Å². The number of amides is 1. The summed E-state index contributed by atoms with van der Waals surface area (Å²) < 4.78 is 80.9. The monoisotopic (exact) mass is 482 g/mol. The molecule has 1 aliphatic heterocycles. The molecular weight excluding hydrogens is 462 g/mol. The van der Waals surface area contributed by atoms with E-state index in [1.807, 2.05) is 12.1 Å². The number of aromatic nitrogens is 3. The Hall–Kier alpha value is -3.37. The van der Waals surface area contributed by atoms with Gasteiger partial charge in [0.25, 0.3) is 5.91 Å². The standard InChI is InChI=1S/C23H20F6N4O/c24-22(25,26)16-9-15(10-17(11-16)23(27,28)29)14-4-5-20-32-19(13-33(20)12-14)21(34)31-8-6-18-3-1-2-7-30-18/h1-3,7,9-11,13-14H,4-6,8,12H2,(H,31,34)/t14-/m0/s1. The van der Waals surface area contributed by atoms with Gasteiger partial charge in [0.05, 0.1) is 11.1 Å². The quantitative estimate of drug-likeness (QED) is 0.520. The fourth-order valence-electron chi connectivity index (χ4n) is 3.98. The van der Waals surface area contributed by atoms with Gasteiger partial charge in [-0.15, -0.1) is 0 Å². The number of fused-ring (bicyclic) bond motifs is 1. The molecule has 2 aromatic heterocycles. The summed E-state index contributed by atoms with van der Waals surface area (Å²) in [6.45, 7) is 0.466. The molecule has 0 saturated carbocycles. The zero-order valence-electron chi connectivity index (χ0n) is 17.7. The largest absolute Gasteiger partial charge is 0.416 e. The van der Waals surface area contributed by atoms with E-state index in [1.165, 1.54) is 6.20 Å². The molecule has 5 nitrogen and oxygen atoms in total.